The van der Waals surface area contributed by atoms with Crippen LogP contribution < -0.4 is 5.73 Å². The Hall–Kier alpha value is -0.600. The third kappa shape index (κ3) is 3.73. The van der Waals surface area contributed by atoms with Crippen molar-refractivity contribution in [2.75, 3.05) is 0 Å². The summed E-state index contributed by atoms with van der Waals surface area (Å²) >= 11 is 6.08. The minimum atomic E-state index is -0.233. The van der Waals surface area contributed by atoms with Crippen molar-refractivity contribution in [3.63, 3.8) is 0 Å². The molecular formula is C17H25ClFN. The second kappa shape index (κ2) is 6.91. The highest BCUT2D eigenvalue weighted by Crippen LogP contribution is 2.35. The Balaban J connectivity index is 1.94. The van der Waals surface area contributed by atoms with E-state index in [9.17, 15) is 4.39 Å². The fourth-order valence-corrected chi connectivity index (χ4v) is 3.61. The van der Waals surface area contributed by atoms with Gasteiger partial charge in [0.1, 0.15) is 5.82 Å². The maximum atomic E-state index is 13.8. The van der Waals surface area contributed by atoms with Gasteiger partial charge in [-0.05, 0) is 62.0 Å². The van der Waals surface area contributed by atoms with E-state index in [1.165, 1.54) is 18.9 Å². The van der Waals surface area contributed by atoms with Gasteiger partial charge in [0.15, 0.2) is 0 Å². The largest absolute Gasteiger partial charge is 0.327 e. The fourth-order valence-electron chi connectivity index (χ4n) is 3.37. The van der Waals surface area contributed by atoms with Crippen molar-refractivity contribution in [3.8, 4) is 0 Å². The van der Waals surface area contributed by atoms with E-state index in [-0.39, 0.29) is 11.9 Å². The molecule has 0 saturated heterocycles. The highest BCUT2D eigenvalue weighted by molar-refractivity contribution is 6.31. The van der Waals surface area contributed by atoms with Crippen LogP contribution in [0.25, 0.3) is 0 Å². The van der Waals surface area contributed by atoms with Crippen LogP contribution in [0.3, 0.4) is 0 Å². The van der Waals surface area contributed by atoms with Gasteiger partial charge in [0.2, 0.25) is 0 Å². The molecule has 20 heavy (non-hydrogen) atoms. The molecule has 1 aliphatic rings. The van der Waals surface area contributed by atoms with E-state index >= 15 is 0 Å². The molecule has 1 fully saturated rings. The van der Waals surface area contributed by atoms with Crippen molar-refractivity contribution < 1.29 is 4.39 Å². The van der Waals surface area contributed by atoms with Gasteiger partial charge >= 0.3 is 0 Å². The van der Waals surface area contributed by atoms with Gasteiger partial charge in [0.25, 0.3) is 0 Å². The molecule has 0 spiro atoms. The summed E-state index contributed by atoms with van der Waals surface area (Å²) in [6.07, 6.45) is 5.37. The topological polar surface area (TPSA) is 26.0 Å². The normalized spacial score (nSPS) is 24.9. The standard InChI is InChI=1S/C17H25ClFN/c1-11(2)12-6-8-13(9-7-12)17(20)10-14-15(18)4-3-5-16(14)19/h3-5,11-13,17H,6-10,20H2,1-2H3. The van der Waals surface area contributed by atoms with E-state index in [0.717, 1.165) is 24.7 Å². The number of hydrogen-bond donors (Lipinski definition) is 1. The maximum Gasteiger partial charge on any atom is 0.127 e. The number of rotatable bonds is 4. The Morgan fingerprint density at radius 2 is 1.80 bits per heavy atom. The molecule has 0 bridgehead atoms. The maximum absolute atomic E-state index is 13.8. The zero-order valence-corrected chi connectivity index (χ0v) is 13.2. The van der Waals surface area contributed by atoms with Crippen LogP contribution in [0.15, 0.2) is 18.2 Å². The Bertz CT molecular complexity index is 418. The van der Waals surface area contributed by atoms with Crippen molar-refractivity contribution in [1.29, 1.82) is 0 Å². The van der Waals surface area contributed by atoms with Crippen LogP contribution in [0, 0.1) is 23.6 Å². The average molecular weight is 298 g/mol. The smallest absolute Gasteiger partial charge is 0.127 e. The van der Waals surface area contributed by atoms with Crippen molar-refractivity contribution in [3.05, 3.63) is 34.6 Å². The first kappa shape index (κ1) is 15.8. The number of halogens is 2. The highest BCUT2D eigenvalue weighted by Gasteiger charge is 2.27. The first-order valence-electron chi connectivity index (χ1n) is 7.67. The predicted octanol–water partition coefficient (Wildman–Crippen LogP) is 4.81. The van der Waals surface area contributed by atoms with Crippen LogP contribution in [0.1, 0.15) is 45.1 Å². The van der Waals surface area contributed by atoms with Gasteiger partial charge in [-0.15, -0.1) is 0 Å². The molecule has 112 valence electrons. The summed E-state index contributed by atoms with van der Waals surface area (Å²) in [5.41, 5.74) is 6.89. The number of hydrogen-bond acceptors (Lipinski definition) is 1. The summed E-state index contributed by atoms with van der Waals surface area (Å²) in [7, 11) is 0. The van der Waals surface area contributed by atoms with Gasteiger partial charge in [-0.1, -0.05) is 31.5 Å². The summed E-state index contributed by atoms with van der Waals surface area (Å²) in [6, 6.07) is 4.85. The lowest BCUT2D eigenvalue weighted by Gasteiger charge is -2.34. The summed E-state index contributed by atoms with van der Waals surface area (Å²) in [5, 5.41) is 0.497. The van der Waals surface area contributed by atoms with Crippen LogP contribution in [-0.2, 0) is 6.42 Å². The lowest BCUT2D eigenvalue weighted by Crippen LogP contribution is -2.35. The minimum Gasteiger partial charge on any atom is -0.327 e. The third-order valence-corrected chi connectivity index (χ3v) is 5.22. The summed E-state index contributed by atoms with van der Waals surface area (Å²) in [6.45, 7) is 4.59. The lowest BCUT2D eigenvalue weighted by molar-refractivity contribution is 0.202. The van der Waals surface area contributed by atoms with E-state index in [2.05, 4.69) is 13.8 Å². The molecule has 0 aliphatic heterocycles. The summed E-state index contributed by atoms with van der Waals surface area (Å²) in [5.74, 6) is 1.85. The van der Waals surface area contributed by atoms with Crippen molar-refractivity contribution in [2.45, 2.75) is 52.0 Å². The molecule has 3 heteroatoms. The zero-order chi connectivity index (χ0) is 14.7. The first-order chi connectivity index (χ1) is 9.49. The molecule has 0 amide bonds. The second-order valence-electron chi connectivity index (χ2n) is 6.49. The van der Waals surface area contributed by atoms with E-state index in [0.29, 0.717) is 22.9 Å². The molecule has 1 aromatic rings. The first-order valence-corrected chi connectivity index (χ1v) is 8.05. The third-order valence-electron chi connectivity index (χ3n) is 4.87. The van der Waals surface area contributed by atoms with Crippen molar-refractivity contribution in [2.24, 2.45) is 23.5 Å². The molecule has 1 nitrogen and oxygen atoms in total. The average Bonchev–Trinajstić information content (AvgIpc) is 2.43. The van der Waals surface area contributed by atoms with Gasteiger partial charge < -0.3 is 5.73 Å². The predicted molar refractivity (Wildman–Crippen MR) is 83.4 cm³/mol. The molecule has 0 radical (unpaired) electrons. The monoisotopic (exact) mass is 297 g/mol. The van der Waals surface area contributed by atoms with Gasteiger partial charge in [0.05, 0.1) is 0 Å². The fraction of sp³-hybridized carbons (Fsp3) is 0.647. The van der Waals surface area contributed by atoms with E-state index < -0.39 is 0 Å². The molecule has 1 unspecified atom stereocenters. The Labute approximate surface area is 126 Å². The molecule has 2 N–H and O–H groups in total. The quantitative estimate of drug-likeness (QED) is 0.848. The molecule has 1 aliphatic carbocycles. The Morgan fingerprint density at radius 1 is 1.20 bits per heavy atom. The minimum absolute atomic E-state index is 0.0116. The van der Waals surface area contributed by atoms with Crippen LogP contribution in [0.5, 0.6) is 0 Å². The zero-order valence-electron chi connectivity index (χ0n) is 12.4. The van der Waals surface area contributed by atoms with Crippen molar-refractivity contribution >= 4 is 11.6 Å². The van der Waals surface area contributed by atoms with Gasteiger partial charge in [-0.25, -0.2) is 4.39 Å². The molecule has 2 rings (SSSR count). The van der Waals surface area contributed by atoms with Crippen LogP contribution in [-0.4, -0.2) is 6.04 Å². The second-order valence-corrected chi connectivity index (χ2v) is 6.89. The van der Waals surface area contributed by atoms with Crippen LogP contribution in [0.4, 0.5) is 4.39 Å². The van der Waals surface area contributed by atoms with Gasteiger partial charge in [0, 0.05) is 16.6 Å². The number of benzene rings is 1. The van der Waals surface area contributed by atoms with Crippen LogP contribution in [0.2, 0.25) is 5.02 Å². The van der Waals surface area contributed by atoms with E-state index in [1.54, 1.807) is 12.1 Å². The Kier molecular flexibility index (Phi) is 5.45. The highest BCUT2D eigenvalue weighted by atomic mass is 35.5. The molecule has 0 aromatic heterocycles. The molecular weight excluding hydrogens is 273 g/mol. The molecule has 1 saturated carbocycles. The van der Waals surface area contributed by atoms with Crippen molar-refractivity contribution in [1.82, 2.24) is 0 Å². The van der Waals surface area contributed by atoms with Gasteiger partial charge in [-0.3, -0.25) is 0 Å². The molecule has 1 aromatic carbocycles. The van der Waals surface area contributed by atoms with Crippen LogP contribution >= 0.6 is 11.6 Å². The van der Waals surface area contributed by atoms with Gasteiger partial charge in [-0.2, -0.15) is 0 Å². The summed E-state index contributed by atoms with van der Waals surface area (Å²) in [4.78, 5) is 0. The van der Waals surface area contributed by atoms with E-state index in [4.69, 9.17) is 17.3 Å². The SMILES string of the molecule is CC(C)C1CCC(C(N)Cc2c(F)cccc2Cl)CC1. The Morgan fingerprint density at radius 3 is 2.35 bits per heavy atom. The lowest BCUT2D eigenvalue weighted by atomic mass is 9.74. The number of nitrogens with two attached hydrogens (primary N) is 1. The molecule has 0 heterocycles. The van der Waals surface area contributed by atoms with E-state index in [1.807, 2.05) is 0 Å². The molecule has 1 atom stereocenters. The summed E-state index contributed by atoms with van der Waals surface area (Å²) < 4.78 is 13.8.